The Morgan fingerprint density at radius 2 is 1.80 bits per heavy atom. The van der Waals surface area contributed by atoms with E-state index in [0.717, 1.165) is 0 Å². The fourth-order valence-electron chi connectivity index (χ4n) is 3.47. The van der Waals surface area contributed by atoms with Crippen molar-refractivity contribution in [3.05, 3.63) is 0 Å². The van der Waals surface area contributed by atoms with Gasteiger partial charge in [-0.1, -0.05) is 20.3 Å². The number of amides is 3. The zero-order chi connectivity index (χ0) is 22.8. The first-order valence-electron chi connectivity index (χ1n) is 10.7. The monoisotopic (exact) mass is 427 g/mol. The van der Waals surface area contributed by atoms with E-state index in [9.17, 15) is 24.3 Å². The minimum atomic E-state index is -1.04. The molecule has 5 unspecified atom stereocenters. The summed E-state index contributed by atoms with van der Waals surface area (Å²) >= 11 is 0. The van der Waals surface area contributed by atoms with Gasteiger partial charge in [-0.05, 0) is 51.5 Å². The number of carboxylic acids is 1. The minimum absolute atomic E-state index is 0.203. The van der Waals surface area contributed by atoms with Gasteiger partial charge in [-0.3, -0.25) is 14.4 Å². The minimum Gasteiger partial charge on any atom is -0.480 e. The lowest BCUT2D eigenvalue weighted by Crippen LogP contribution is -2.58. The van der Waals surface area contributed by atoms with Crippen LogP contribution in [0.15, 0.2) is 0 Å². The molecule has 0 aromatic heterocycles. The maximum atomic E-state index is 13.1. The number of nitrogens with zero attached hydrogens (tertiary/aromatic N) is 1. The molecule has 1 fully saturated rings. The van der Waals surface area contributed by atoms with Gasteiger partial charge in [0.1, 0.15) is 18.1 Å². The van der Waals surface area contributed by atoms with Crippen LogP contribution in [0.5, 0.6) is 0 Å². The van der Waals surface area contributed by atoms with Crippen molar-refractivity contribution in [3.63, 3.8) is 0 Å². The highest BCUT2D eigenvalue weighted by atomic mass is 16.4. The number of aliphatic carboxylic acids is 1. The maximum absolute atomic E-state index is 13.1. The van der Waals surface area contributed by atoms with Gasteiger partial charge in [-0.2, -0.15) is 0 Å². The van der Waals surface area contributed by atoms with E-state index >= 15 is 0 Å². The summed E-state index contributed by atoms with van der Waals surface area (Å²) in [6.07, 6.45) is 3.31. The van der Waals surface area contributed by atoms with Gasteiger partial charge in [0.25, 0.3) is 0 Å². The number of rotatable bonds is 12. The highest BCUT2D eigenvalue weighted by Gasteiger charge is 2.39. The van der Waals surface area contributed by atoms with Crippen molar-refractivity contribution in [3.8, 4) is 0 Å². The van der Waals surface area contributed by atoms with E-state index < -0.39 is 47.9 Å². The molecule has 1 saturated heterocycles. The second kappa shape index (κ2) is 12.5. The van der Waals surface area contributed by atoms with Gasteiger partial charge in [0.2, 0.25) is 17.7 Å². The summed E-state index contributed by atoms with van der Waals surface area (Å²) in [6, 6.07) is -3.36. The first-order chi connectivity index (χ1) is 14.1. The van der Waals surface area contributed by atoms with Gasteiger partial charge in [0.15, 0.2) is 0 Å². The molecule has 0 aromatic carbocycles. The zero-order valence-electron chi connectivity index (χ0n) is 18.2. The van der Waals surface area contributed by atoms with Crippen molar-refractivity contribution in [2.24, 2.45) is 17.4 Å². The normalized spacial score (nSPS) is 20.2. The smallest absolute Gasteiger partial charge is 0.326 e. The molecule has 0 spiro atoms. The molecule has 0 bridgehead atoms. The Bertz CT molecular complexity index is 612. The summed E-state index contributed by atoms with van der Waals surface area (Å²) in [5, 5.41) is 14.8. The fourth-order valence-corrected chi connectivity index (χ4v) is 3.47. The van der Waals surface area contributed by atoms with Gasteiger partial charge in [-0.25, -0.2) is 4.79 Å². The van der Waals surface area contributed by atoms with Gasteiger partial charge in [0.05, 0.1) is 6.04 Å². The Morgan fingerprint density at radius 3 is 2.33 bits per heavy atom. The van der Waals surface area contributed by atoms with E-state index in [0.29, 0.717) is 51.6 Å². The van der Waals surface area contributed by atoms with Crippen molar-refractivity contribution < 1.29 is 24.3 Å². The van der Waals surface area contributed by atoms with Crippen LogP contribution in [-0.2, 0) is 19.2 Å². The molecule has 0 radical (unpaired) electrons. The predicted molar refractivity (Wildman–Crippen MR) is 112 cm³/mol. The van der Waals surface area contributed by atoms with Crippen LogP contribution in [0, 0.1) is 5.92 Å². The van der Waals surface area contributed by atoms with Crippen molar-refractivity contribution >= 4 is 23.7 Å². The third-order valence-electron chi connectivity index (χ3n) is 5.59. The highest BCUT2D eigenvalue weighted by molar-refractivity contribution is 5.94. The molecule has 1 heterocycles. The summed E-state index contributed by atoms with van der Waals surface area (Å²) in [4.78, 5) is 51.0. The van der Waals surface area contributed by atoms with Crippen LogP contribution in [0.2, 0.25) is 0 Å². The lowest BCUT2D eigenvalue weighted by atomic mass is 9.96. The van der Waals surface area contributed by atoms with Crippen LogP contribution in [0.3, 0.4) is 0 Å². The van der Waals surface area contributed by atoms with E-state index in [2.05, 4.69) is 10.6 Å². The average molecular weight is 428 g/mol. The SMILES string of the molecule is CCC(C)C(NC(=O)C(CCCCN)NC(=O)C(C)N)C(=O)N1CCCC1C(=O)O. The molecular formula is C20H37N5O5. The maximum Gasteiger partial charge on any atom is 0.326 e. The molecule has 5 atom stereocenters. The second-order valence-electron chi connectivity index (χ2n) is 8.03. The van der Waals surface area contributed by atoms with Gasteiger partial charge < -0.3 is 32.1 Å². The van der Waals surface area contributed by atoms with Gasteiger partial charge >= 0.3 is 5.97 Å². The van der Waals surface area contributed by atoms with E-state index in [1.165, 1.54) is 11.8 Å². The van der Waals surface area contributed by atoms with Crippen LogP contribution in [0.1, 0.15) is 59.3 Å². The second-order valence-corrected chi connectivity index (χ2v) is 8.03. The summed E-state index contributed by atoms with van der Waals surface area (Å²) in [5.41, 5.74) is 11.1. The summed E-state index contributed by atoms with van der Waals surface area (Å²) < 4.78 is 0. The molecule has 1 aliphatic heterocycles. The van der Waals surface area contributed by atoms with Crippen molar-refractivity contribution in [2.75, 3.05) is 13.1 Å². The molecule has 30 heavy (non-hydrogen) atoms. The number of unbranched alkanes of at least 4 members (excludes halogenated alkanes) is 1. The number of carboxylic acid groups (broad SMARTS) is 1. The molecule has 10 heteroatoms. The standard InChI is InChI=1S/C20H37N5O5/c1-4-12(2)16(19(28)25-11-7-9-15(25)20(29)30)24-18(27)14(8-5-6-10-21)23-17(26)13(3)22/h12-16H,4-11,21-22H2,1-3H3,(H,23,26)(H,24,27)(H,29,30). The van der Waals surface area contributed by atoms with Crippen LogP contribution in [0.25, 0.3) is 0 Å². The Hall–Kier alpha value is -2.20. The van der Waals surface area contributed by atoms with Gasteiger partial charge in [-0.15, -0.1) is 0 Å². The van der Waals surface area contributed by atoms with Crippen molar-refractivity contribution in [1.29, 1.82) is 0 Å². The molecule has 3 amide bonds. The highest BCUT2D eigenvalue weighted by Crippen LogP contribution is 2.21. The van der Waals surface area contributed by atoms with Crippen LogP contribution >= 0.6 is 0 Å². The third kappa shape index (κ3) is 7.24. The summed E-state index contributed by atoms with van der Waals surface area (Å²) in [5.74, 6) is -2.59. The number of carbonyl (C=O) groups excluding carboxylic acids is 3. The largest absolute Gasteiger partial charge is 0.480 e. The zero-order valence-corrected chi connectivity index (χ0v) is 18.2. The van der Waals surface area contributed by atoms with E-state index in [1.807, 2.05) is 13.8 Å². The topological polar surface area (TPSA) is 168 Å². The molecule has 172 valence electrons. The third-order valence-corrected chi connectivity index (χ3v) is 5.59. The number of hydrogen-bond donors (Lipinski definition) is 5. The number of hydrogen-bond acceptors (Lipinski definition) is 6. The van der Waals surface area contributed by atoms with Crippen LogP contribution in [-0.4, -0.2) is 71.0 Å². The Labute approximate surface area is 178 Å². The van der Waals surface area contributed by atoms with Crippen molar-refractivity contribution in [2.45, 2.75) is 83.5 Å². The number of likely N-dealkylation sites (tertiary alicyclic amines) is 1. The molecule has 0 saturated carbocycles. The van der Waals surface area contributed by atoms with Crippen molar-refractivity contribution in [1.82, 2.24) is 15.5 Å². The molecule has 0 aliphatic carbocycles. The number of nitrogens with one attached hydrogen (secondary N) is 2. The van der Waals surface area contributed by atoms with Crippen LogP contribution in [0.4, 0.5) is 0 Å². The molecule has 0 aromatic rings. The molecule has 10 nitrogen and oxygen atoms in total. The Balaban J connectivity index is 2.98. The molecule has 1 aliphatic rings. The average Bonchev–Trinajstić information content (AvgIpc) is 3.20. The first kappa shape index (κ1) is 25.8. The first-order valence-corrected chi connectivity index (χ1v) is 10.7. The Morgan fingerprint density at radius 1 is 1.13 bits per heavy atom. The molecule has 1 rings (SSSR count). The van der Waals surface area contributed by atoms with Gasteiger partial charge in [0, 0.05) is 6.54 Å². The summed E-state index contributed by atoms with van der Waals surface area (Å²) in [6.45, 7) is 6.06. The summed E-state index contributed by atoms with van der Waals surface area (Å²) in [7, 11) is 0. The van der Waals surface area contributed by atoms with Crippen LogP contribution < -0.4 is 22.1 Å². The lowest BCUT2D eigenvalue weighted by molar-refractivity contribution is -0.150. The van der Waals surface area contributed by atoms with E-state index in [1.54, 1.807) is 0 Å². The fraction of sp³-hybridized carbons (Fsp3) is 0.800. The molecular weight excluding hydrogens is 390 g/mol. The Kier molecular flexibility index (Phi) is 10.8. The lowest BCUT2D eigenvalue weighted by Gasteiger charge is -2.31. The number of nitrogens with two attached hydrogens (primary N) is 2. The van der Waals surface area contributed by atoms with E-state index in [4.69, 9.17) is 11.5 Å². The quantitative estimate of drug-likeness (QED) is 0.263. The number of carbonyl (C=O) groups is 4. The molecule has 7 N–H and O–H groups in total. The predicted octanol–water partition coefficient (Wildman–Crippen LogP) is -0.446. The van der Waals surface area contributed by atoms with E-state index in [-0.39, 0.29) is 5.92 Å².